The number of benzene rings is 1. The first kappa shape index (κ1) is 13.8. The molecule has 1 N–H and O–H groups in total. The van der Waals surface area contributed by atoms with Crippen molar-refractivity contribution in [3.8, 4) is 0 Å². The van der Waals surface area contributed by atoms with Crippen LogP contribution in [0.5, 0.6) is 0 Å². The number of rotatable bonds is 3. The first-order chi connectivity index (χ1) is 8.60. The minimum atomic E-state index is 0.727. The van der Waals surface area contributed by atoms with E-state index in [1.807, 2.05) is 7.05 Å². The molecule has 3 heteroatoms. The van der Waals surface area contributed by atoms with E-state index in [1.54, 1.807) is 0 Å². The summed E-state index contributed by atoms with van der Waals surface area (Å²) < 4.78 is 0. The predicted molar refractivity (Wildman–Crippen MR) is 82.7 cm³/mol. The average Bonchev–Trinajstić information content (AvgIpc) is 2.28. The number of anilines is 1. The largest absolute Gasteiger partial charge is 0.369 e. The van der Waals surface area contributed by atoms with E-state index in [2.05, 4.69) is 60.9 Å². The molecule has 1 fully saturated rings. The van der Waals surface area contributed by atoms with Gasteiger partial charge in [-0.3, -0.25) is 0 Å². The fourth-order valence-electron chi connectivity index (χ4n) is 2.76. The van der Waals surface area contributed by atoms with Gasteiger partial charge in [-0.2, -0.15) is 11.8 Å². The number of nitrogens with one attached hydrogen (secondary N) is 1. The van der Waals surface area contributed by atoms with E-state index in [0.29, 0.717) is 0 Å². The maximum Gasteiger partial charge on any atom is 0.0396 e. The number of hydrogen-bond donors (Lipinski definition) is 1. The predicted octanol–water partition coefficient (Wildman–Crippen LogP) is 3.04. The van der Waals surface area contributed by atoms with Gasteiger partial charge in [-0.25, -0.2) is 0 Å². The zero-order valence-corrected chi connectivity index (χ0v) is 12.7. The van der Waals surface area contributed by atoms with Crippen LogP contribution in [0, 0.1) is 6.92 Å². The van der Waals surface area contributed by atoms with Crippen molar-refractivity contribution in [2.24, 2.45) is 0 Å². The molecular formula is C15H24N2S. The Kier molecular flexibility index (Phi) is 4.57. The summed E-state index contributed by atoms with van der Waals surface area (Å²) in [5, 5.41) is 4.66. The van der Waals surface area contributed by atoms with Crippen LogP contribution < -0.4 is 10.2 Å². The second kappa shape index (κ2) is 5.98. The van der Waals surface area contributed by atoms with Gasteiger partial charge >= 0.3 is 0 Å². The van der Waals surface area contributed by atoms with Crippen molar-refractivity contribution in [2.45, 2.75) is 37.8 Å². The van der Waals surface area contributed by atoms with Gasteiger partial charge in [0.25, 0.3) is 0 Å². The van der Waals surface area contributed by atoms with Crippen molar-refractivity contribution in [1.29, 1.82) is 0 Å². The molecule has 2 rings (SSSR count). The molecule has 2 nitrogen and oxygen atoms in total. The van der Waals surface area contributed by atoms with E-state index in [0.717, 1.165) is 17.0 Å². The molecule has 1 aromatic rings. The molecule has 1 heterocycles. The van der Waals surface area contributed by atoms with Gasteiger partial charge in [-0.05, 0) is 31.2 Å². The van der Waals surface area contributed by atoms with E-state index < -0.39 is 0 Å². The van der Waals surface area contributed by atoms with Crippen molar-refractivity contribution in [3.05, 3.63) is 29.3 Å². The molecule has 2 atom stereocenters. The van der Waals surface area contributed by atoms with E-state index in [9.17, 15) is 0 Å². The Morgan fingerprint density at radius 2 is 1.94 bits per heavy atom. The van der Waals surface area contributed by atoms with E-state index in [4.69, 9.17) is 0 Å². The lowest BCUT2D eigenvalue weighted by Gasteiger charge is -2.37. The zero-order chi connectivity index (χ0) is 13.1. The third-order valence-corrected chi connectivity index (χ3v) is 4.63. The van der Waals surface area contributed by atoms with Gasteiger partial charge in [0.1, 0.15) is 0 Å². The maximum atomic E-state index is 3.21. The molecule has 1 saturated heterocycles. The van der Waals surface area contributed by atoms with E-state index in [-0.39, 0.29) is 0 Å². The van der Waals surface area contributed by atoms with Crippen molar-refractivity contribution in [1.82, 2.24) is 5.32 Å². The average molecular weight is 264 g/mol. The van der Waals surface area contributed by atoms with Crippen LogP contribution in [0.1, 0.15) is 25.0 Å². The number of nitrogens with zero attached hydrogens (tertiary/aromatic N) is 1. The van der Waals surface area contributed by atoms with Crippen molar-refractivity contribution in [3.63, 3.8) is 0 Å². The SMILES string of the molecule is CNCc1ccc(N2CC(C)SC(C)C2)c(C)c1. The third-order valence-electron chi connectivity index (χ3n) is 3.40. The van der Waals surface area contributed by atoms with Crippen LogP contribution >= 0.6 is 11.8 Å². The Morgan fingerprint density at radius 3 is 2.50 bits per heavy atom. The Morgan fingerprint density at radius 1 is 1.28 bits per heavy atom. The highest BCUT2D eigenvalue weighted by molar-refractivity contribution is 8.00. The summed E-state index contributed by atoms with van der Waals surface area (Å²) in [6.45, 7) is 10.2. The lowest BCUT2D eigenvalue weighted by molar-refractivity contribution is 0.725. The molecule has 18 heavy (non-hydrogen) atoms. The van der Waals surface area contributed by atoms with Gasteiger partial charge < -0.3 is 10.2 Å². The summed E-state index contributed by atoms with van der Waals surface area (Å²) in [4.78, 5) is 2.55. The maximum absolute atomic E-state index is 3.21. The first-order valence-corrected chi connectivity index (χ1v) is 7.69. The molecule has 0 spiro atoms. The number of hydrogen-bond acceptors (Lipinski definition) is 3. The minimum Gasteiger partial charge on any atom is -0.369 e. The zero-order valence-electron chi connectivity index (χ0n) is 11.9. The molecule has 100 valence electrons. The lowest BCUT2D eigenvalue weighted by Crippen LogP contribution is -2.40. The second-order valence-corrected chi connectivity index (χ2v) is 7.20. The molecular weight excluding hydrogens is 240 g/mol. The molecule has 1 aromatic carbocycles. The van der Waals surface area contributed by atoms with Crippen molar-refractivity contribution >= 4 is 17.4 Å². The van der Waals surface area contributed by atoms with E-state index >= 15 is 0 Å². The third kappa shape index (κ3) is 3.21. The molecule has 0 amide bonds. The summed E-state index contributed by atoms with van der Waals surface area (Å²) in [7, 11) is 1.99. The van der Waals surface area contributed by atoms with Crippen LogP contribution in [0.15, 0.2) is 18.2 Å². The molecule has 0 radical (unpaired) electrons. The summed E-state index contributed by atoms with van der Waals surface area (Å²) in [5.74, 6) is 0. The minimum absolute atomic E-state index is 0.727. The smallest absolute Gasteiger partial charge is 0.0396 e. The highest BCUT2D eigenvalue weighted by atomic mass is 32.2. The van der Waals surface area contributed by atoms with Crippen LogP contribution in [-0.4, -0.2) is 30.6 Å². The molecule has 0 saturated carbocycles. The van der Waals surface area contributed by atoms with Crippen molar-refractivity contribution < 1.29 is 0 Å². The monoisotopic (exact) mass is 264 g/mol. The number of thioether (sulfide) groups is 1. The number of aryl methyl sites for hydroxylation is 1. The van der Waals surface area contributed by atoms with Crippen LogP contribution in [0.25, 0.3) is 0 Å². The molecule has 0 bridgehead atoms. The standard InChI is InChI=1S/C15H24N2S/c1-11-7-14(8-16-4)5-6-15(11)17-9-12(2)18-13(3)10-17/h5-7,12-13,16H,8-10H2,1-4H3. The second-order valence-electron chi connectivity index (χ2n) is 5.31. The summed E-state index contributed by atoms with van der Waals surface area (Å²) in [5.41, 5.74) is 4.18. The fourth-order valence-corrected chi connectivity index (χ4v) is 4.09. The highest BCUT2D eigenvalue weighted by Gasteiger charge is 2.23. The summed E-state index contributed by atoms with van der Waals surface area (Å²) >= 11 is 2.11. The first-order valence-electron chi connectivity index (χ1n) is 6.74. The van der Waals surface area contributed by atoms with Gasteiger partial charge in [-0.1, -0.05) is 26.0 Å². The van der Waals surface area contributed by atoms with Gasteiger partial charge in [0.15, 0.2) is 0 Å². The van der Waals surface area contributed by atoms with Crippen LogP contribution in [0.4, 0.5) is 5.69 Å². The topological polar surface area (TPSA) is 15.3 Å². The molecule has 1 aliphatic rings. The highest BCUT2D eigenvalue weighted by Crippen LogP contribution is 2.30. The lowest BCUT2D eigenvalue weighted by atomic mass is 10.1. The molecule has 0 aromatic heterocycles. The van der Waals surface area contributed by atoms with Gasteiger partial charge in [0.2, 0.25) is 0 Å². The Hall–Kier alpha value is -0.670. The quantitative estimate of drug-likeness (QED) is 0.903. The van der Waals surface area contributed by atoms with Gasteiger partial charge in [0, 0.05) is 35.8 Å². The van der Waals surface area contributed by atoms with Crippen LogP contribution in [-0.2, 0) is 6.54 Å². The van der Waals surface area contributed by atoms with Crippen LogP contribution in [0.3, 0.4) is 0 Å². The fraction of sp³-hybridized carbons (Fsp3) is 0.600. The normalized spacial score (nSPS) is 24.3. The van der Waals surface area contributed by atoms with Crippen molar-refractivity contribution in [2.75, 3.05) is 25.0 Å². The van der Waals surface area contributed by atoms with Crippen LogP contribution in [0.2, 0.25) is 0 Å². The Balaban J connectivity index is 2.17. The van der Waals surface area contributed by atoms with Gasteiger partial charge in [-0.15, -0.1) is 0 Å². The van der Waals surface area contributed by atoms with Gasteiger partial charge in [0.05, 0.1) is 0 Å². The Labute approximate surface area is 115 Å². The van der Waals surface area contributed by atoms with E-state index in [1.165, 1.54) is 29.9 Å². The molecule has 0 aliphatic carbocycles. The molecule has 2 unspecified atom stereocenters. The summed E-state index contributed by atoms with van der Waals surface area (Å²) in [6, 6.07) is 6.84. The molecule has 1 aliphatic heterocycles. The summed E-state index contributed by atoms with van der Waals surface area (Å²) in [6.07, 6.45) is 0. The Bertz CT molecular complexity index is 395.